The van der Waals surface area contributed by atoms with Gasteiger partial charge in [-0.3, -0.25) is 0 Å². The van der Waals surface area contributed by atoms with Crippen LogP contribution in [0.2, 0.25) is 0 Å². The lowest BCUT2D eigenvalue weighted by Gasteiger charge is -2.36. The molecule has 6 heteroatoms. The first-order valence-electron chi connectivity index (χ1n) is 6.52. The molecular formula is C13H20N4O2. The molecule has 2 heterocycles. The fourth-order valence-corrected chi connectivity index (χ4v) is 2.37. The monoisotopic (exact) mass is 264 g/mol. The molecule has 2 rings (SSSR count). The van der Waals surface area contributed by atoms with Crippen LogP contribution in [0.5, 0.6) is 0 Å². The highest BCUT2D eigenvalue weighted by molar-refractivity contribution is 5.86. The first-order valence-corrected chi connectivity index (χ1v) is 6.52. The fourth-order valence-electron chi connectivity index (χ4n) is 2.37. The molecule has 1 aliphatic heterocycles. The molecule has 2 atom stereocenters. The number of methoxy groups -OCH3 is 1. The number of carbonyl (C=O) groups is 1. The highest BCUT2D eigenvalue weighted by Gasteiger charge is 2.26. The predicted molar refractivity (Wildman–Crippen MR) is 71.9 cm³/mol. The second-order valence-electron chi connectivity index (χ2n) is 4.98. The van der Waals surface area contributed by atoms with E-state index < -0.39 is 5.97 Å². The van der Waals surface area contributed by atoms with Gasteiger partial charge in [-0.1, -0.05) is 6.92 Å². The first kappa shape index (κ1) is 13.7. The van der Waals surface area contributed by atoms with Gasteiger partial charge in [0.25, 0.3) is 0 Å². The van der Waals surface area contributed by atoms with Gasteiger partial charge in [0.1, 0.15) is 0 Å². The zero-order valence-electron chi connectivity index (χ0n) is 11.4. The Labute approximate surface area is 112 Å². The third-order valence-electron chi connectivity index (χ3n) is 3.79. The number of carbonyl (C=O) groups excluding carboxylic acids is 1. The second kappa shape index (κ2) is 5.97. The van der Waals surface area contributed by atoms with E-state index in [1.807, 2.05) is 6.07 Å². The molecule has 1 saturated heterocycles. The minimum atomic E-state index is -0.467. The van der Waals surface area contributed by atoms with Gasteiger partial charge in [-0.15, -0.1) is 10.2 Å². The van der Waals surface area contributed by atoms with Crippen LogP contribution in [-0.2, 0) is 4.74 Å². The van der Waals surface area contributed by atoms with E-state index in [4.69, 9.17) is 5.73 Å². The Morgan fingerprint density at radius 1 is 1.53 bits per heavy atom. The summed E-state index contributed by atoms with van der Waals surface area (Å²) in [5.74, 6) is 1.45. The van der Waals surface area contributed by atoms with Crippen molar-refractivity contribution in [2.75, 3.05) is 31.6 Å². The minimum Gasteiger partial charge on any atom is -0.464 e. The Bertz CT molecular complexity index is 435. The van der Waals surface area contributed by atoms with E-state index in [9.17, 15) is 4.79 Å². The van der Waals surface area contributed by atoms with Crippen LogP contribution in [0.1, 0.15) is 23.8 Å². The van der Waals surface area contributed by atoms with Gasteiger partial charge in [0, 0.05) is 13.1 Å². The summed E-state index contributed by atoms with van der Waals surface area (Å²) < 4.78 is 4.60. The van der Waals surface area contributed by atoms with Crippen molar-refractivity contribution >= 4 is 11.8 Å². The number of rotatable bonds is 3. The lowest BCUT2D eigenvalue weighted by molar-refractivity contribution is 0.0592. The number of piperidine rings is 1. The van der Waals surface area contributed by atoms with E-state index in [1.165, 1.54) is 7.11 Å². The maximum absolute atomic E-state index is 11.3. The van der Waals surface area contributed by atoms with Crippen LogP contribution in [0.15, 0.2) is 12.1 Å². The molecule has 1 aromatic heterocycles. The molecule has 6 nitrogen and oxygen atoms in total. The van der Waals surface area contributed by atoms with Crippen molar-refractivity contribution in [1.82, 2.24) is 10.2 Å². The molecule has 0 aromatic carbocycles. The molecule has 1 aliphatic rings. The van der Waals surface area contributed by atoms with E-state index in [0.717, 1.165) is 25.3 Å². The largest absolute Gasteiger partial charge is 0.464 e. The SMILES string of the molecule is COC(=O)c1ccc(N2CCC(C)C(CN)C2)nn1. The number of anilines is 1. The molecule has 19 heavy (non-hydrogen) atoms. The molecule has 104 valence electrons. The number of nitrogens with two attached hydrogens (primary N) is 1. The maximum atomic E-state index is 11.3. The van der Waals surface area contributed by atoms with Crippen LogP contribution in [0, 0.1) is 11.8 Å². The number of hydrogen-bond acceptors (Lipinski definition) is 6. The Balaban J connectivity index is 2.08. The van der Waals surface area contributed by atoms with Crippen LogP contribution < -0.4 is 10.6 Å². The molecule has 1 fully saturated rings. The summed E-state index contributed by atoms with van der Waals surface area (Å²) in [5, 5.41) is 8.00. The van der Waals surface area contributed by atoms with Gasteiger partial charge in [0.2, 0.25) is 0 Å². The van der Waals surface area contributed by atoms with Gasteiger partial charge in [-0.05, 0) is 36.9 Å². The van der Waals surface area contributed by atoms with Crippen molar-refractivity contribution in [3.05, 3.63) is 17.8 Å². The van der Waals surface area contributed by atoms with Gasteiger partial charge in [0.05, 0.1) is 7.11 Å². The lowest BCUT2D eigenvalue weighted by Crippen LogP contribution is -2.43. The van der Waals surface area contributed by atoms with Crippen molar-refractivity contribution in [1.29, 1.82) is 0 Å². The lowest BCUT2D eigenvalue weighted by atomic mass is 9.87. The smallest absolute Gasteiger partial charge is 0.358 e. The Morgan fingerprint density at radius 3 is 2.89 bits per heavy atom. The Kier molecular flexibility index (Phi) is 4.31. The number of hydrogen-bond donors (Lipinski definition) is 1. The molecule has 0 spiro atoms. The quantitative estimate of drug-likeness (QED) is 0.809. The van der Waals surface area contributed by atoms with Crippen molar-refractivity contribution in [3.63, 3.8) is 0 Å². The fraction of sp³-hybridized carbons (Fsp3) is 0.615. The van der Waals surface area contributed by atoms with Gasteiger partial charge < -0.3 is 15.4 Å². The maximum Gasteiger partial charge on any atom is 0.358 e. The molecule has 0 amide bonds. The van der Waals surface area contributed by atoms with Crippen molar-refractivity contribution < 1.29 is 9.53 Å². The average molecular weight is 264 g/mol. The number of esters is 1. The van der Waals surface area contributed by atoms with E-state index in [-0.39, 0.29) is 5.69 Å². The van der Waals surface area contributed by atoms with E-state index >= 15 is 0 Å². The first-order chi connectivity index (χ1) is 9.15. The third kappa shape index (κ3) is 3.01. The van der Waals surface area contributed by atoms with Crippen molar-refractivity contribution in [3.8, 4) is 0 Å². The van der Waals surface area contributed by atoms with E-state index in [0.29, 0.717) is 18.4 Å². The Morgan fingerprint density at radius 2 is 2.32 bits per heavy atom. The molecule has 0 saturated carbocycles. The van der Waals surface area contributed by atoms with Gasteiger partial charge in [0.15, 0.2) is 11.5 Å². The van der Waals surface area contributed by atoms with Crippen molar-refractivity contribution in [2.24, 2.45) is 17.6 Å². The highest BCUT2D eigenvalue weighted by Crippen LogP contribution is 2.25. The van der Waals surface area contributed by atoms with Crippen LogP contribution in [0.25, 0.3) is 0 Å². The minimum absolute atomic E-state index is 0.229. The van der Waals surface area contributed by atoms with Gasteiger partial charge in [-0.2, -0.15) is 0 Å². The topological polar surface area (TPSA) is 81.3 Å². The Hall–Kier alpha value is -1.69. The molecular weight excluding hydrogens is 244 g/mol. The molecule has 0 radical (unpaired) electrons. The molecule has 0 bridgehead atoms. The zero-order chi connectivity index (χ0) is 13.8. The summed E-state index contributed by atoms with van der Waals surface area (Å²) in [6.07, 6.45) is 1.10. The molecule has 2 N–H and O–H groups in total. The molecule has 1 aromatic rings. The highest BCUT2D eigenvalue weighted by atomic mass is 16.5. The average Bonchev–Trinajstić information content (AvgIpc) is 2.47. The summed E-state index contributed by atoms with van der Waals surface area (Å²) >= 11 is 0. The summed E-state index contributed by atoms with van der Waals surface area (Å²) in [6, 6.07) is 3.45. The predicted octanol–water partition coefficient (Wildman–Crippen LogP) is 0.684. The van der Waals surface area contributed by atoms with Gasteiger partial charge >= 0.3 is 5.97 Å². The van der Waals surface area contributed by atoms with Gasteiger partial charge in [-0.25, -0.2) is 4.79 Å². The standard InChI is InChI=1S/C13H20N4O2/c1-9-5-6-17(8-10(9)7-14)12-4-3-11(15-16-12)13(18)19-2/h3-4,9-10H,5-8,14H2,1-2H3. The summed E-state index contributed by atoms with van der Waals surface area (Å²) in [7, 11) is 1.33. The van der Waals surface area contributed by atoms with Crippen LogP contribution in [-0.4, -0.2) is 42.9 Å². The van der Waals surface area contributed by atoms with Crippen LogP contribution in [0.4, 0.5) is 5.82 Å². The summed E-state index contributed by atoms with van der Waals surface area (Å²) in [4.78, 5) is 13.5. The summed E-state index contributed by atoms with van der Waals surface area (Å²) in [5.41, 5.74) is 6.02. The molecule has 0 aliphatic carbocycles. The number of ether oxygens (including phenoxy) is 1. The van der Waals surface area contributed by atoms with E-state index in [2.05, 4.69) is 26.8 Å². The normalized spacial score (nSPS) is 23.2. The number of aromatic nitrogens is 2. The van der Waals surface area contributed by atoms with Crippen molar-refractivity contribution in [2.45, 2.75) is 13.3 Å². The van der Waals surface area contributed by atoms with Crippen LogP contribution in [0.3, 0.4) is 0 Å². The van der Waals surface area contributed by atoms with Crippen LogP contribution >= 0.6 is 0 Å². The second-order valence-corrected chi connectivity index (χ2v) is 4.98. The molecule has 2 unspecified atom stereocenters. The number of nitrogens with zero attached hydrogens (tertiary/aromatic N) is 3. The third-order valence-corrected chi connectivity index (χ3v) is 3.79. The zero-order valence-corrected chi connectivity index (χ0v) is 11.4. The van der Waals surface area contributed by atoms with E-state index in [1.54, 1.807) is 6.07 Å². The summed E-state index contributed by atoms with van der Waals surface area (Å²) in [6.45, 7) is 4.76.